The molecule has 0 spiro atoms. The molecule has 1 amide bonds. The molecule has 3 aliphatic heterocycles. The van der Waals surface area contributed by atoms with Crippen LogP contribution in [0.25, 0.3) is 0 Å². The van der Waals surface area contributed by atoms with Crippen molar-refractivity contribution in [3.63, 3.8) is 0 Å². The third-order valence-electron chi connectivity index (χ3n) is 8.48. The molecule has 2 N–H and O–H groups in total. The molecule has 0 unspecified atom stereocenters. The van der Waals surface area contributed by atoms with Gasteiger partial charge in [0.15, 0.2) is 0 Å². The van der Waals surface area contributed by atoms with E-state index in [0.29, 0.717) is 23.8 Å². The predicted molar refractivity (Wildman–Crippen MR) is 146 cm³/mol. The average Bonchev–Trinajstić information content (AvgIpc) is 2.94. The largest absolute Gasteiger partial charge is 0.496 e. The molecule has 0 aromatic heterocycles. The van der Waals surface area contributed by atoms with Gasteiger partial charge in [-0.25, -0.2) is 0 Å². The molecule has 2 atom stereocenters. The molecule has 39 heavy (non-hydrogen) atoms. The number of hydrogen-bond acceptors (Lipinski definition) is 4. The summed E-state index contributed by atoms with van der Waals surface area (Å²) >= 11 is 0. The fraction of sp³-hybridized carbons (Fsp3) is 0.387. The zero-order valence-electron chi connectivity index (χ0n) is 22.2. The van der Waals surface area contributed by atoms with Gasteiger partial charge in [-0.3, -0.25) is 9.69 Å². The highest BCUT2D eigenvalue weighted by atomic mass is 19.4. The first kappa shape index (κ1) is 27.2. The molecule has 3 saturated heterocycles. The number of halogens is 3. The van der Waals surface area contributed by atoms with Crippen LogP contribution < -0.4 is 15.4 Å². The predicted octanol–water partition coefficient (Wildman–Crippen LogP) is 5.97. The number of alkyl halides is 3. The summed E-state index contributed by atoms with van der Waals surface area (Å²) in [6.45, 7) is 4.78. The Kier molecular flexibility index (Phi) is 7.69. The minimum atomic E-state index is -4.96. The van der Waals surface area contributed by atoms with E-state index in [4.69, 9.17) is 4.74 Å². The fourth-order valence-electron chi connectivity index (χ4n) is 6.70. The minimum absolute atomic E-state index is 0.0815. The number of nitrogens with one attached hydrogen (secondary N) is 2. The molecule has 0 aliphatic carbocycles. The van der Waals surface area contributed by atoms with Gasteiger partial charge in [-0.1, -0.05) is 60.7 Å². The third-order valence-corrected chi connectivity index (χ3v) is 8.48. The van der Waals surface area contributed by atoms with E-state index in [1.54, 1.807) is 12.1 Å². The zero-order chi connectivity index (χ0) is 27.6. The Morgan fingerprint density at radius 3 is 2.13 bits per heavy atom. The van der Waals surface area contributed by atoms with Gasteiger partial charge in [0.05, 0.1) is 7.11 Å². The highest BCUT2D eigenvalue weighted by Crippen LogP contribution is 2.49. The molecule has 3 aromatic rings. The van der Waals surface area contributed by atoms with Crippen molar-refractivity contribution in [2.24, 2.45) is 5.92 Å². The van der Waals surface area contributed by atoms with E-state index in [9.17, 15) is 18.0 Å². The lowest BCUT2D eigenvalue weighted by molar-refractivity contribution is -0.167. The lowest BCUT2D eigenvalue weighted by atomic mass is 9.62. The standard InChI is InChI=1S/C31H34F3N3O2/c1-30(27(21-9-5-3-6-10-21)22-11-7-4-8-12-22)28(23-15-17-37(30)18-16-23)35-20-24-19-25(13-14-26(24)39-2)36-29(38)31(32,33)34/h3-14,19,23,27-28,35H,15-18,20H2,1-2H3,(H,36,38)/t28-,30-/m0/s1. The number of anilines is 1. The van der Waals surface area contributed by atoms with Crippen LogP contribution in [0.5, 0.6) is 5.75 Å². The van der Waals surface area contributed by atoms with Crippen molar-refractivity contribution in [3.05, 3.63) is 95.6 Å². The maximum atomic E-state index is 12.8. The van der Waals surface area contributed by atoms with Gasteiger partial charge < -0.3 is 15.4 Å². The van der Waals surface area contributed by atoms with Crippen LogP contribution >= 0.6 is 0 Å². The van der Waals surface area contributed by atoms with E-state index in [-0.39, 0.29) is 23.2 Å². The molecule has 206 valence electrons. The molecule has 5 nitrogen and oxygen atoms in total. The summed E-state index contributed by atoms with van der Waals surface area (Å²) in [5.74, 6) is -0.878. The number of carbonyl (C=O) groups excluding carboxylic acids is 1. The van der Waals surface area contributed by atoms with E-state index < -0.39 is 12.1 Å². The van der Waals surface area contributed by atoms with Gasteiger partial charge in [-0.05, 0) is 68.1 Å². The number of benzene rings is 3. The van der Waals surface area contributed by atoms with Crippen LogP contribution in [0.15, 0.2) is 78.9 Å². The second kappa shape index (κ2) is 11.0. The van der Waals surface area contributed by atoms with Crippen LogP contribution in [-0.4, -0.2) is 48.8 Å². The first-order valence-electron chi connectivity index (χ1n) is 13.3. The average molecular weight is 538 g/mol. The normalized spacial score (nSPS) is 24.5. The lowest BCUT2D eigenvalue weighted by Gasteiger charge is -2.61. The number of fused-ring (bicyclic) bond motifs is 3. The van der Waals surface area contributed by atoms with Crippen LogP contribution in [0, 0.1) is 5.92 Å². The van der Waals surface area contributed by atoms with Crippen molar-refractivity contribution in [2.45, 2.75) is 50.0 Å². The third kappa shape index (κ3) is 5.40. The van der Waals surface area contributed by atoms with Crippen molar-refractivity contribution in [3.8, 4) is 5.75 Å². The van der Waals surface area contributed by atoms with Crippen LogP contribution in [0.2, 0.25) is 0 Å². The van der Waals surface area contributed by atoms with Gasteiger partial charge in [-0.15, -0.1) is 0 Å². The van der Waals surface area contributed by atoms with Gasteiger partial charge in [-0.2, -0.15) is 13.2 Å². The Morgan fingerprint density at radius 1 is 1.00 bits per heavy atom. The van der Waals surface area contributed by atoms with E-state index in [2.05, 4.69) is 65.7 Å². The van der Waals surface area contributed by atoms with Crippen LogP contribution in [-0.2, 0) is 11.3 Å². The Balaban J connectivity index is 1.48. The summed E-state index contributed by atoms with van der Waals surface area (Å²) < 4.78 is 44.1. The molecule has 2 bridgehead atoms. The molecule has 3 fully saturated rings. The van der Waals surface area contributed by atoms with E-state index in [1.807, 2.05) is 17.4 Å². The Bertz CT molecular complexity index is 1240. The van der Waals surface area contributed by atoms with Crippen molar-refractivity contribution >= 4 is 11.6 Å². The Morgan fingerprint density at radius 2 is 1.59 bits per heavy atom. The second-order valence-electron chi connectivity index (χ2n) is 10.6. The lowest BCUT2D eigenvalue weighted by Crippen LogP contribution is -2.71. The molecule has 8 heteroatoms. The van der Waals surface area contributed by atoms with Gasteiger partial charge in [0.1, 0.15) is 5.75 Å². The highest BCUT2D eigenvalue weighted by Gasteiger charge is 2.54. The number of methoxy groups -OCH3 is 1. The second-order valence-corrected chi connectivity index (χ2v) is 10.6. The zero-order valence-corrected chi connectivity index (χ0v) is 22.2. The number of amides is 1. The van der Waals surface area contributed by atoms with Gasteiger partial charge in [0.25, 0.3) is 0 Å². The Labute approximate surface area is 227 Å². The summed E-state index contributed by atoms with van der Waals surface area (Å²) in [5, 5.41) is 5.77. The summed E-state index contributed by atoms with van der Waals surface area (Å²) in [7, 11) is 1.53. The molecule has 3 heterocycles. The Hall–Kier alpha value is -3.36. The SMILES string of the molecule is COc1ccc(NC(=O)C(F)(F)F)cc1CN[C@H]1C2CCN(CC2)[C@@]1(C)C(c1ccccc1)c1ccccc1. The molecule has 6 rings (SSSR count). The molecule has 0 saturated carbocycles. The molecular weight excluding hydrogens is 503 g/mol. The maximum absolute atomic E-state index is 12.8. The molecule has 0 radical (unpaired) electrons. The van der Waals surface area contributed by atoms with Crippen LogP contribution in [0.4, 0.5) is 18.9 Å². The van der Waals surface area contributed by atoms with Crippen LogP contribution in [0.3, 0.4) is 0 Å². The minimum Gasteiger partial charge on any atom is -0.496 e. The number of carbonyl (C=O) groups is 1. The first-order chi connectivity index (χ1) is 18.7. The van der Waals surface area contributed by atoms with Crippen molar-refractivity contribution < 1.29 is 22.7 Å². The summed E-state index contributed by atoms with van der Waals surface area (Å²) in [6.07, 6.45) is -2.79. The van der Waals surface area contributed by atoms with E-state index in [0.717, 1.165) is 25.9 Å². The number of hydrogen-bond donors (Lipinski definition) is 2. The van der Waals surface area contributed by atoms with Gasteiger partial charge in [0.2, 0.25) is 0 Å². The van der Waals surface area contributed by atoms with Crippen molar-refractivity contribution in [2.75, 3.05) is 25.5 Å². The van der Waals surface area contributed by atoms with Crippen LogP contribution in [0.1, 0.15) is 42.4 Å². The number of nitrogens with zero attached hydrogens (tertiary/aromatic N) is 1. The number of piperidine rings is 3. The van der Waals surface area contributed by atoms with E-state index >= 15 is 0 Å². The number of rotatable bonds is 8. The fourth-order valence-corrected chi connectivity index (χ4v) is 6.70. The monoisotopic (exact) mass is 537 g/mol. The van der Waals surface area contributed by atoms with E-state index in [1.165, 1.54) is 24.3 Å². The quantitative estimate of drug-likeness (QED) is 0.372. The summed E-state index contributed by atoms with van der Waals surface area (Å²) in [4.78, 5) is 14.1. The van der Waals surface area contributed by atoms with Gasteiger partial charge in [0, 0.05) is 35.3 Å². The number of ether oxygens (including phenoxy) is 1. The first-order valence-corrected chi connectivity index (χ1v) is 13.3. The molecular formula is C31H34F3N3O2. The van der Waals surface area contributed by atoms with Crippen molar-refractivity contribution in [1.82, 2.24) is 10.2 Å². The topological polar surface area (TPSA) is 53.6 Å². The smallest absolute Gasteiger partial charge is 0.471 e. The van der Waals surface area contributed by atoms with Crippen molar-refractivity contribution in [1.29, 1.82) is 0 Å². The highest BCUT2D eigenvalue weighted by molar-refractivity contribution is 5.95. The summed E-state index contributed by atoms with van der Waals surface area (Å²) in [6, 6.07) is 25.9. The molecule has 3 aromatic carbocycles. The maximum Gasteiger partial charge on any atom is 0.471 e. The molecule has 3 aliphatic rings. The van der Waals surface area contributed by atoms with Gasteiger partial charge >= 0.3 is 12.1 Å². The summed E-state index contributed by atoms with van der Waals surface area (Å²) in [5.41, 5.74) is 3.02.